The zero-order chi connectivity index (χ0) is 21.8. The smallest absolute Gasteiger partial charge is 0.264 e. The summed E-state index contributed by atoms with van der Waals surface area (Å²) in [5.41, 5.74) is 9.59. The molecule has 156 valence electrons. The van der Waals surface area contributed by atoms with Gasteiger partial charge in [0.2, 0.25) is 0 Å². The van der Waals surface area contributed by atoms with Gasteiger partial charge in [0.15, 0.2) is 6.73 Å². The van der Waals surface area contributed by atoms with Gasteiger partial charge in [-0.3, -0.25) is 19.7 Å². The van der Waals surface area contributed by atoms with Crippen LogP contribution >= 0.6 is 0 Å². The minimum Gasteiger partial charge on any atom is -0.472 e. The molecule has 4 rings (SSSR count). The number of fused-ring (bicyclic) bond motifs is 1. The van der Waals surface area contributed by atoms with E-state index in [1.165, 1.54) is 17.2 Å². The maximum absolute atomic E-state index is 14.2. The van der Waals surface area contributed by atoms with E-state index in [2.05, 4.69) is 9.98 Å². The lowest BCUT2D eigenvalue weighted by atomic mass is 10.0. The summed E-state index contributed by atoms with van der Waals surface area (Å²) in [6.07, 6.45) is 5.46. The molecule has 2 heterocycles. The third-order valence-corrected chi connectivity index (χ3v) is 4.99. The van der Waals surface area contributed by atoms with Crippen molar-refractivity contribution in [3.8, 4) is 5.75 Å². The second kappa shape index (κ2) is 8.79. The number of hydrogen-bond donors (Lipinski definition) is 1. The maximum atomic E-state index is 14.2. The number of pyridine rings is 1. The van der Waals surface area contributed by atoms with E-state index in [9.17, 15) is 9.18 Å². The van der Waals surface area contributed by atoms with Crippen molar-refractivity contribution in [3.63, 3.8) is 0 Å². The molecule has 1 aliphatic heterocycles. The Kier molecular flexibility index (Phi) is 5.75. The van der Waals surface area contributed by atoms with Crippen LogP contribution in [0.4, 0.5) is 10.1 Å². The standard InChI is InChI=1S/C24H21FN4O2/c1-27-14-18(12-26)21-8-6-17(13-28-21)10-16-7-9-23-19(11-16)24(30)29(15-31-23)22-5-3-2-4-20(22)25/h2-9,11-14H,10,15,26H2,1H3. The zero-order valence-electron chi connectivity index (χ0n) is 17.0. The van der Waals surface area contributed by atoms with Gasteiger partial charge in [0.1, 0.15) is 11.6 Å². The molecule has 7 heteroatoms. The number of aromatic nitrogens is 1. The fourth-order valence-corrected chi connectivity index (χ4v) is 3.44. The second-order valence-corrected chi connectivity index (χ2v) is 7.03. The van der Waals surface area contributed by atoms with Gasteiger partial charge in [-0.2, -0.15) is 0 Å². The molecule has 1 aliphatic rings. The fourth-order valence-electron chi connectivity index (χ4n) is 3.44. The van der Waals surface area contributed by atoms with Crippen LogP contribution in [0.5, 0.6) is 5.75 Å². The number of aliphatic imine (C=N–C) groups is 1. The number of nitrogens with zero attached hydrogens (tertiary/aromatic N) is 3. The highest BCUT2D eigenvalue weighted by Crippen LogP contribution is 2.31. The van der Waals surface area contributed by atoms with E-state index in [0.717, 1.165) is 22.4 Å². The van der Waals surface area contributed by atoms with Gasteiger partial charge < -0.3 is 10.5 Å². The van der Waals surface area contributed by atoms with E-state index < -0.39 is 5.82 Å². The summed E-state index contributed by atoms with van der Waals surface area (Å²) in [7, 11) is 1.67. The Balaban J connectivity index is 1.56. The molecule has 0 aliphatic carbocycles. The van der Waals surface area contributed by atoms with Gasteiger partial charge in [0, 0.05) is 31.2 Å². The third-order valence-electron chi connectivity index (χ3n) is 4.99. The van der Waals surface area contributed by atoms with Gasteiger partial charge in [0.25, 0.3) is 5.91 Å². The van der Waals surface area contributed by atoms with E-state index in [1.54, 1.807) is 49.8 Å². The highest BCUT2D eigenvalue weighted by atomic mass is 19.1. The number of allylic oxidation sites excluding steroid dienone is 1. The Labute approximate surface area is 179 Å². The number of amides is 1. The van der Waals surface area contributed by atoms with Gasteiger partial charge in [0.05, 0.1) is 16.9 Å². The number of halogens is 1. The van der Waals surface area contributed by atoms with Crippen LogP contribution in [0.25, 0.3) is 5.57 Å². The Morgan fingerprint density at radius 2 is 2.03 bits per heavy atom. The minimum atomic E-state index is -0.468. The number of rotatable bonds is 5. The molecule has 31 heavy (non-hydrogen) atoms. The normalized spacial score (nSPS) is 13.9. The molecule has 0 unspecified atom stereocenters. The summed E-state index contributed by atoms with van der Waals surface area (Å²) >= 11 is 0. The largest absolute Gasteiger partial charge is 0.472 e. The number of ether oxygens (including phenoxy) is 1. The number of carbonyl (C=O) groups is 1. The highest BCUT2D eigenvalue weighted by Gasteiger charge is 2.28. The molecule has 0 atom stereocenters. The van der Waals surface area contributed by atoms with Gasteiger partial charge in [-0.1, -0.05) is 24.3 Å². The van der Waals surface area contributed by atoms with Crippen molar-refractivity contribution in [1.29, 1.82) is 0 Å². The lowest BCUT2D eigenvalue weighted by Crippen LogP contribution is -2.39. The number of benzene rings is 2. The Hall–Kier alpha value is -4.00. The fraction of sp³-hybridized carbons (Fsp3) is 0.125. The van der Waals surface area contributed by atoms with Gasteiger partial charge in [-0.25, -0.2) is 4.39 Å². The predicted molar refractivity (Wildman–Crippen MR) is 119 cm³/mol. The topological polar surface area (TPSA) is 80.8 Å². The molecule has 0 radical (unpaired) electrons. The zero-order valence-corrected chi connectivity index (χ0v) is 17.0. The van der Waals surface area contributed by atoms with Crippen molar-refractivity contribution in [2.45, 2.75) is 6.42 Å². The highest BCUT2D eigenvalue weighted by molar-refractivity contribution is 6.09. The number of para-hydroxylation sites is 1. The van der Waals surface area contributed by atoms with Crippen LogP contribution in [0.1, 0.15) is 27.2 Å². The van der Waals surface area contributed by atoms with Gasteiger partial charge in [-0.15, -0.1) is 0 Å². The Morgan fingerprint density at radius 1 is 1.23 bits per heavy atom. The Morgan fingerprint density at radius 3 is 2.74 bits per heavy atom. The summed E-state index contributed by atoms with van der Waals surface area (Å²) in [5.74, 6) is -0.270. The molecule has 0 saturated carbocycles. The van der Waals surface area contributed by atoms with Crippen LogP contribution in [0, 0.1) is 5.82 Å². The summed E-state index contributed by atoms with van der Waals surface area (Å²) < 4.78 is 19.9. The summed E-state index contributed by atoms with van der Waals surface area (Å²) in [4.78, 5) is 22.7. The maximum Gasteiger partial charge on any atom is 0.264 e. The molecule has 0 spiro atoms. The van der Waals surface area contributed by atoms with E-state index in [4.69, 9.17) is 10.5 Å². The number of anilines is 1. The first-order chi connectivity index (χ1) is 15.1. The molecule has 0 saturated heterocycles. The second-order valence-electron chi connectivity index (χ2n) is 7.03. The van der Waals surface area contributed by atoms with Crippen LogP contribution < -0.4 is 15.4 Å². The number of nitrogens with two attached hydrogens (primary N) is 1. The molecule has 3 aromatic rings. The van der Waals surface area contributed by atoms with Gasteiger partial charge >= 0.3 is 0 Å². The lowest BCUT2D eigenvalue weighted by molar-refractivity contribution is 0.0935. The van der Waals surface area contributed by atoms with Crippen molar-refractivity contribution in [2.75, 3.05) is 18.7 Å². The van der Waals surface area contributed by atoms with Crippen LogP contribution in [0.2, 0.25) is 0 Å². The lowest BCUT2D eigenvalue weighted by Gasteiger charge is -2.29. The number of carbonyl (C=O) groups excluding carboxylic acids is 1. The van der Waals surface area contributed by atoms with E-state index in [-0.39, 0.29) is 18.3 Å². The molecule has 0 fully saturated rings. The predicted octanol–water partition coefficient (Wildman–Crippen LogP) is 3.81. The monoisotopic (exact) mass is 416 g/mol. The molecular weight excluding hydrogens is 395 g/mol. The van der Waals surface area contributed by atoms with E-state index in [1.807, 2.05) is 18.2 Å². The summed E-state index contributed by atoms with van der Waals surface area (Å²) in [6.45, 7) is -0.0322. The number of hydrogen-bond acceptors (Lipinski definition) is 5. The van der Waals surface area contributed by atoms with Crippen molar-refractivity contribution >= 4 is 23.4 Å². The molecule has 0 bridgehead atoms. The molecule has 2 N–H and O–H groups in total. The summed E-state index contributed by atoms with van der Waals surface area (Å²) in [6, 6.07) is 15.5. The van der Waals surface area contributed by atoms with Gasteiger partial charge in [-0.05, 0) is 47.9 Å². The van der Waals surface area contributed by atoms with E-state index in [0.29, 0.717) is 17.7 Å². The van der Waals surface area contributed by atoms with Crippen molar-refractivity contribution in [2.24, 2.45) is 10.7 Å². The average Bonchev–Trinajstić information content (AvgIpc) is 2.79. The SMILES string of the molecule is CN=CC(=CN)c1ccc(Cc2ccc3c(c2)C(=O)N(c2ccccc2F)CO3)cn1. The first-order valence-corrected chi connectivity index (χ1v) is 9.72. The Bertz CT molecular complexity index is 1170. The first-order valence-electron chi connectivity index (χ1n) is 9.72. The van der Waals surface area contributed by atoms with Crippen LogP contribution in [0.15, 0.2) is 72.0 Å². The molecule has 2 aromatic carbocycles. The first kappa shape index (κ1) is 20.3. The van der Waals surface area contributed by atoms with Crippen molar-refractivity contribution in [3.05, 3.63) is 95.2 Å². The molecule has 6 nitrogen and oxygen atoms in total. The minimum absolute atomic E-state index is 0.0322. The molecular formula is C24H21FN4O2. The van der Waals surface area contributed by atoms with Crippen molar-refractivity contribution in [1.82, 2.24) is 4.98 Å². The van der Waals surface area contributed by atoms with E-state index >= 15 is 0 Å². The average molecular weight is 416 g/mol. The third kappa shape index (κ3) is 4.16. The van der Waals surface area contributed by atoms with Crippen molar-refractivity contribution < 1.29 is 13.9 Å². The summed E-state index contributed by atoms with van der Waals surface area (Å²) in [5, 5.41) is 0. The van der Waals surface area contributed by atoms with Crippen LogP contribution in [-0.2, 0) is 6.42 Å². The quantitative estimate of drug-likeness (QED) is 0.642. The van der Waals surface area contributed by atoms with Crippen LogP contribution in [-0.4, -0.2) is 30.9 Å². The van der Waals surface area contributed by atoms with Crippen LogP contribution in [0.3, 0.4) is 0 Å². The molecule has 1 aromatic heterocycles. The molecule has 1 amide bonds.